The Morgan fingerprint density at radius 2 is 1.88 bits per heavy atom. The van der Waals surface area contributed by atoms with E-state index in [2.05, 4.69) is 5.32 Å². The Morgan fingerprint density at radius 1 is 1.16 bits per heavy atom. The standard InChI is InChI=1S/C20H22FNO3/c21-17-8-4-7-16(13-17)20(9-11-25-12-10-20)22-19(24)14-18(23)15-5-2-1-3-6-15/h1-8,13,18,23H,9-12,14H2,(H,22,24). The summed E-state index contributed by atoms with van der Waals surface area (Å²) in [4.78, 5) is 12.6. The number of nitrogens with one attached hydrogen (secondary N) is 1. The fourth-order valence-electron chi connectivity index (χ4n) is 3.28. The number of carbonyl (C=O) groups is 1. The molecule has 0 aromatic heterocycles. The van der Waals surface area contributed by atoms with Crippen LogP contribution in [-0.4, -0.2) is 24.2 Å². The van der Waals surface area contributed by atoms with Crippen molar-refractivity contribution >= 4 is 5.91 Å². The van der Waals surface area contributed by atoms with E-state index in [0.717, 1.165) is 5.56 Å². The molecule has 2 N–H and O–H groups in total. The molecule has 1 aliphatic rings. The maximum atomic E-state index is 13.7. The number of rotatable bonds is 5. The zero-order valence-electron chi connectivity index (χ0n) is 14.0. The van der Waals surface area contributed by atoms with Gasteiger partial charge in [-0.05, 0) is 36.1 Å². The van der Waals surface area contributed by atoms with Crippen molar-refractivity contribution in [3.63, 3.8) is 0 Å². The third-order valence-electron chi connectivity index (χ3n) is 4.67. The summed E-state index contributed by atoms with van der Waals surface area (Å²) in [5.74, 6) is -0.593. The zero-order valence-corrected chi connectivity index (χ0v) is 14.0. The molecule has 3 rings (SSSR count). The summed E-state index contributed by atoms with van der Waals surface area (Å²) in [6.45, 7) is 0.996. The lowest BCUT2D eigenvalue weighted by Gasteiger charge is -2.38. The fraction of sp³-hybridized carbons (Fsp3) is 0.350. The van der Waals surface area contributed by atoms with Crippen LogP contribution in [0.25, 0.3) is 0 Å². The van der Waals surface area contributed by atoms with E-state index >= 15 is 0 Å². The van der Waals surface area contributed by atoms with Gasteiger partial charge in [-0.2, -0.15) is 0 Å². The molecule has 132 valence electrons. The highest BCUT2D eigenvalue weighted by molar-refractivity contribution is 5.77. The minimum absolute atomic E-state index is 0.0397. The van der Waals surface area contributed by atoms with Crippen molar-refractivity contribution in [3.05, 3.63) is 71.5 Å². The number of halogens is 1. The SMILES string of the molecule is O=C(CC(O)c1ccccc1)NC1(c2cccc(F)c2)CCOCC1. The molecular formula is C20H22FNO3. The second-order valence-electron chi connectivity index (χ2n) is 6.38. The second-order valence-corrected chi connectivity index (χ2v) is 6.38. The van der Waals surface area contributed by atoms with Crippen LogP contribution in [0.2, 0.25) is 0 Å². The average Bonchev–Trinajstić information content (AvgIpc) is 2.63. The molecule has 1 fully saturated rings. The minimum Gasteiger partial charge on any atom is -0.388 e. The third kappa shape index (κ3) is 4.24. The molecule has 0 saturated carbocycles. The molecule has 1 amide bonds. The zero-order chi connectivity index (χ0) is 17.7. The van der Waals surface area contributed by atoms with E-state index in [4.69, 9.17) is 4.74 Å². The Bertz CT molecular complexity index is 714. The van der Waals surface area contributed by atoms with Crippen molar-refractivity contribution in [1.82, 2.24) is 5.32 Å². The molecule has 0 radical (unpaired) electrons. The van der Waals surface area contributed by atoms with Crippen LogP contribution in [0.1, 0.15) is 36.5 Å². The van der Waals surface area contributed by atoms with Crippen LogP contribution in [0.4, 0.5) is 4.39 Å². The van der Waals surface area contributed by atoms with Crippen molar-refractivity contribution in [1.29, 1.82) is 0 Å². The summed E-state index contributed by atoms with van der Waals surface area (Å²) in [7, 11) is 0. The van der Waals surface area contributed by atoms with E-state index in [0.29, 0.717) is 31.6 Å². The summed E-state index contributed by atoms with van der Waals surface area (Å²) >= 11 is 0. The van der Waals surface area contributed by atoms with Crippen LogP contribution in [0.5, 0.6) is 0 Å². The first kappa shape index (κ1) is 17.6. The molecule has 0 bridgehead atoms. The van der Waals surface area contributed by atoms with Crippen molar-refractivity contribution in [2.24, 2.45) is 0 Å². The first-order chi connectivity index (χ1) is 12.1. The Labute approximate surface area is 146 Å². The van der Waals surface area contributed by atoms with Gasteiger partial charge in [-0.1, -0.05) is 42.5 Å². The molecule has 1 unspecified atom stereocenters. The number of aliphatic hydroxyl groups is 1. The topological polar surface area (TPSA) is 58.6 Å². The predicted octanol–water partition coefficient (Wildman–Crippen LogP) is 3.07. The van der Waals surface area contributed by atoms with Gasteiger partial charge in [-0.15, -0.1) is 0 Å². The van der Waals surface area contributed by atoms with Gasteiger partial charge in [-0.3, -0.25) is 4.79 Å². The molecule has 0 aliphatic carbocycles. The molecule has 1 saturated heterocycles. The predicted molar refractivity (Wildman–Crippen MR) is 92.3 cm³/mol. The first-order valence-corrected chi connectivity index (χ1v) is 8.47. The highest BCUT2D eigenvalue weighted by Gasteiger charge is 2.36. The summed E-state index contributed by atoms with van der Waals surface area (Å²) < 4.78 is 19.1. The Morgan fingerprint density at radius 3 is 2.56 bits per heavy atom. The molecule has 1 atom stereocenters. The Kier molecular flexibility index (Phi) is 5.46. The summed E-state index contributed by atoms with van der Waals surface area (Å²) in [5, 5.41) is 13.3. The molecule has 4 nitrogen and oxygen atoms in total. The summed E-state index contributed by atoms with van der Waals surface area (Å²) in [6, 6.07) is 15.4. The van der Waals surface area contributed by atoms with Gasteiger partial charge in [0.25, 0.3) is 0 Å². The third-order valence-corrected chi connectivity index (χ3v) is 4.67. The molecule has 0 spiro atoms. The number of benzene rings is 2. The van der Waals surface area contributed by atoms with Crippen LogP contribution in [-0.2, 0) is 15.1 Å². The maximum absolute atomic E-state index is 13.7. The van der Waals surface area contributed by atoms with Crippen molar-refractivity contribution in [3.8, 4) is 0 Å². The second kappa shape index (κ2) is 7.76. The van der Waals surface area contributed by atoms with Gasteiger partial charge in [0.15, 0.2) is 0 Å². The average molecular weight is 343 g/mol. The first-order valence-electron chi connectivity index (χ1n) is 8.47. The number of carbonyl (C=O) groups excluding carboxylic acids is 1. The summed E-state index contributed by atoms with van der Waals surface area (Å²) in [5.41, 5.74) is 0.774. The van der Waals surface area contributed by atoms with Gasteiger partial charge in [0.05, 0.1) is 18.1 Å². The number of hydrogen-bond acceptors (Lipinski definition) is 3. The molecule has 2 aromatic rings. The van der Waals surface area contributed by atoms with Crippen LogP contribution in [0.15, 0.2) is 54.6 Å². The lowest BCUT2D eigenvalue weighted by atomic mass is 9.82. The van der Waals surface area contributed by atoms with E-state index in [9.17, 15) is 14.3 Å². The number of hydrogen-bond donors (Lipinski definition) is 2. The lowest BCUT2D eigenvalue weighted by molar-refractivity contribution is -0.126. The molecule has 1 heterocycles. The molecule has 5 heteroatoms. The normalized spacial score (nSPS) is 17.7. The van der Waals surface area contributed by atoms with Crippen LogP contribution in [0, 0.1) is 5.82 Å². The number of aliphatic hydroxyl groups excluding tert-OH is 1. The van der Waals surface area contributed by atoms with Gasteiger partial charge in [0.2, 0.25) is 5.91 Å². The highest BCUT2D eigenvalue weighted by atomic mass is 19.1. The van der Waals surface area contributed by atoms with E-state index < -0.39 is 11.6 Å². The number of amides is 1. The fourth-order valence-corrected chi connectivity index (χ4v) is 3.28. The highest BCUT2D eigenvalue weighted by Crippen LogP contribution is 2.33. The Balaban J connectivity index is 1.75. The van der Waals surface area contributed by atoms with Crippen molar-refractivity contribution < 1.29 is 19.0 Å². The van der Waals surface area contributed by atoms with Gasteiger partial charge in [0.1, 0.15) is 5.82 Å². The van der Waals surface area contributed by atoms with Gasteiger partial charge >= 0.3 is 0 Å². The van der Waals surface area contributed by atoms with Crippen LogP contribution in [0.3, 0.4) is 0 Å². The van der Waals surface area contributed by atoms with Crippen molar-refractivity contribution in [2.75, 3.05) is 13.2 Å². The van der Waals surface area contributed by atoms with Gasteiger partial charge in [-0.25, -0.2) is 4.39 Å². The molecular weight excluding hydrogens is 321 g/mol. The van der Waals surface area contributed by atoms with E-state index in [-0.39, 0.29) is 18.1 Å². The van der Waals surface area contributed by atoms with E-state index in [1.807, 2.05) is 24.3 Å². The largest absolute Gasteiger partial charge is 0.388 e. The minimum atomic E-state index is -0.870. The Hall–Kier alpha value is -2.24. The smallest absolute Gasteiger partial charge is 0.223 e. The molecule has 25 heavy (non-hydrogen) atoms. The van der Waals surface area contributed by atoms with Gasteiger partial charge in [0, 0.05) is 13.2 Å². The van der Waals surface area contributed by atoms with Crippen LogP contribution >= 0.6 is 0 Å². The van der Waals surface area contributed by atoms with E-state index in [1.54, 1.807) is 18.2 Å². The molecule has 1 aliphatic heterocycles. The maximum Gasteiger partial charge on any atom is 0.223 e. The van der Waals surface area contributed by atoms with E-state index in [1.165, 1.54) is 12.1 Å². The molecule has 2 aromatic carbocycles. The van der Waals surface area contributed by atoms with Crippen molar-refractivity contribution in [2.45, 2.75) is 30.9 Å². The van der Waals surface area contributed by atoms with Gasteiger partial charge < -0.3 is 15.2 Å². The number of ether oxygens (including phenoxy) is 1. The van der Waals surface area contributed by atoms with Crippen LogP contribution < -0.4 is 5.32 Å². The quantitative estimate of drug-likeness (QED) is 0.877. The monoisotopic (exact) mass is 343 g/mol. The lowest BCUT2D eigenvalue weighted by Crippen LogP contribution is -2.49. The summed E-state index contributed by atoms with van der Waals surface area (Å²) in [6.07, 6.45) is 0.237.